The first-order chi connectivity index (χ1) is 18.8. The lowest BCUT2D eigenvalue weighted by Crippen LogP contribution is -2.47. The van der Waals surface area contributed by atoms with Crippen LogP contribution in [-0.2, 0) is 20.9 Å². The summed E-state index contributed by atoms with van der Waals surface area (Å²) < 4.78 is 73.2. The Morgan fingerprint density at radius 1 is 1.15 bits per heavy atom. The van der Waals surface area contributed by atoms with Gasteiger partial charge in [0.1, 0.15) is 0 Å². The summed E-state index contributed by atoms with van der Waals surface area (Å²) >= 11 is 0. The third-order valence-electron chi connectivity index (χ3n) is 5.74. The number of nitrogens with one attached hydrogen (secondary N) is 3. The summed E-state index contributed by atoms with van der Waals surface area (Å²) in [6, 6.07) is 9.11. The SMILES string of the molecule is CCOC(=O)NCCNS(=O)(=O)c1cc(C#N)ccc1[C@H]1NC(=O)N(c2cccc(C(F)(F)F)c2)C(C)=C1C#N. The molecule has 0 bridgehead atoms. The van der Waals surface area contributed by atoms with E-state index in [0.717, 1.165) is 29.2 Å². The Kier molecular flexibility index (Phi) is 9.03. The van der Waals surface area contributed by atoms with Gasteiger partial charge in [-0.05, 0) is 49.7 Å². The van der Waals surface area contributed by atoms with Gasteiger partial charge in [-0.2, -0.15) is 23.7 Å². The number of rotatable bonds is 8. The average Bonchev–Trinajstić information content (AvgIpc) is 2.90. The van der Waals surface area contributed by atoms with Gasteiger partial charge in [0.2, 0.25) is 10.0 Å². The number of allylic oxidation sites excluding steroid dienone is 1. The van der Waals surface area contributed by atoms with Crippen LogP contribution in [0.5, 0.6) is 0 Å². The van der Waals surface area contributed by atoms with E-state index in [2.05, 4.69) is 15.4 Å². The maximum absolute atomic E-state index is 13.3. The van der Waals surface area contributed by atoms with Crippen molar-refractivity contribution in [3.63, 3.8) is 0 Å². The summed E-state index contributed by atoms with van der Waals surface area (Å²) in [4.78, 5) is 25.0. The van der Waals surface area contributed by atoms with Gasteiger partial charge in [0, 0.05) is 18.8 Å². The van der Waals surface area contributed by atoms with Crippen molar-refractivity contribution >= 4 is 27.8 Å². The molecular weight excluding hydrogens is 553 g/mol. The van der Waals surface area contributed by atoms with E-state index in [-0.39, 0.29) is 47.8 Å². The third kappa shape index (κ3) is 6.51. The second-order valence-electron chi connectivity index (χ2n) is 8.29. The molecule has 0 saturated heterocycles. The number of carbonyl (C=O) groups excluding carboxylic acids is 2. The zero-order chi connectivity index (χ0) is 29.7. The van der Waals surface area contributed by atoms with Crippen LogP contribution in [0.2, 0.25) is 0 Å². The molecule has 210 valence electrons. The highest BCUT2D eigenvalue weighted by Gasteiger charge is 2.37. The van der Waals surface area contributed by atoms with Crippen LogP contribution in [0.3, 0.4) is 0 Å². The summed E-state index contributed by atoms with van der Waals surface area (Å²) in [6.07, 6.45) is -5.42. The zero-order valence-electron chi connectivity index (χ0n) is 21.2. The van der Waals surface area contributed by atoms with Crippen LogP contribution in [-0.4, -0.2) is 40.2 Å². The number of amides is 3. The number of nitrogens with zero attached hydrogens (tertiary/aromatic N) is 3. The van der Waals surface area contributed by atoms with Gasteiger partial charge in [-0.3, -0.25) is 4.90 Å². The molecule has 1 atom stereocenters. The molecule has 0 aromatic heterocycles. The van der Waals surface area contributed by atoms with Crippen molar-refractivity contribution in [3.05, 3.63) is 70.4 Å². The van der Waals surface area contributed by atoms with Crippen molar-refractivity contribution in [3.8, 4) is 12.1 Å². The standard InChI is InChI=1S/C25H23F3N6O5S/c1-3-39-24(36)31-9-10-32-40(37,38)21-11-16(13-29)7-8-19(21)22-20(14-30)15(2)34(23(35)33-22)18-6-4-5-17(12-18)25(26,27)28/h4-8,11-12,22,32H,3,9-10H2,1-2H3,(H,31,36)(H,33,35)/t22-/m1/s1. The summed E-state index contributed by atoms with van der Waals surface area (Å²) in [6.45, 7) is 2.69. The van der Waals surface area contributed by atoms with Crippen molar-refractivity contribution < 1.29 is 35.9 Å². The van der Waals surface area contributed by atoms with Gasteiger partial charge in [0.25, 0.3) is 0 Å². The molecule has 3 rings (SSSR count). The summed E-state index contributed by atoms with van der Waals surface area (Å²) in [5, 5.41) is 24.1. The highest BCUT2D eigenvalue weighted by molar-refractivity contribution is 7.89. The monoisotopic (exact) mass is 576 g/mol. The minimum absolute atomic E-state index is 0.0186. The number of hydrogen-bond acceptors (Lipinski definition) is 7. The van der Waals surface area contributed by atoms with Crippen LogP contribution in [0.25, 0.3) is 0 Å². The number of alkyl halides is 3. The van der Waals surface area contributed by atoms with Crippen LogP contribution < -0.4 is 20.3 Å². The number of halogens is 3. The minimum atomic E-state index is -4.68. The van der Waals surface area contributed by atoms with Gasteiger partial charge in [0.15, 0.2) is 0 Å². The molecule has 1 heterocycles. The Hall–Kier alpha value is -4.60. The van der Waals surface area contributed by atoms with E-state index in [1.54, 1.807) is 6.92 Å². The normalized spacial score (nSPS) is 15.6. The molecule has 40 heavy (non-hydrogen) atoms. The lowest BCUT2D eigenvalue weighted by atomic mass is 9.94. The maximum Gasteiger partial charge on any atom is 0.416 e. The first-order valence-electron chi connectivity index (χ1n) is 11.7. The Bertz CT molecular complexity index is 1540. The van der Waals surface area contributed by atoms with E-state index >= 15 is 0 Å². The van der Waals surface area contributed by atoms with Crippen molar-refractivity contribution in [1.29, 1.82) is 10.5 Å². The topological polar surface area (TPSA) is 164 Å². The van der Waals surface area contributed by atoms with Gasteiger partial charge >= 0.3 is 18.3 Å². The number of anilines is 1. The molecule has 1 aliphatic rings. The molecular formula is C25H23F3N6O5S. The van der Waals surface area contributed by atoms with E-state index in [9.17, 15) is 41.7 Å². The molecule has 0 saturated carbocycles. The van der Waals surface area contributed by atoms with E-state index in [1.165, 1.54) is 25.1 Å². The third-order valence-corrected chi connectivity index (χ3v) is 7.26. The van der Waals surface area contributed by atoms with E-state index in [4.69, 9.17) is 4.74 Å². The maximum atomic E-state index is 13.3. The smallest absolute Gasteiger partial charge is 0.416 e. The molecule has 15 heteroatoms. The molecule has 0 unspecified atom stereocenters. The van der Waals surface area contributed by atoms with Crippen molar-refractivity contribution in [2.24, 2.45) is 0 Å². The predicted octanol–water partition coefficient (Wildman–Crippen LogP) is 3.67. The molecule has 3 N–H and O–H groups in total. The largest absolute Gasteiger partial charge is 0.450 e. The Morgan fingerprint density at radius 2 is 1.88 bits per heavy atom. The van der Waals surface area contributed by atoms with Crippen LogP contribution in [0.15, 0.2) is 58.6 Å². The summed E-state index contributed by atoms with van der Waals surface area (Å²) in [5.74, 6) is 0. The van der Waals surface area contributed by atoms with Crippen molar-refractivity contribution in [2.45, 2.75) is 31.0 Å². The lowest BCUT2D eigenvalue weighted by Gasteiger charge is -2.34. The quantitative estimate of drug-likeness (QED) is 0.404. The van der Waals surface area contributed by atoms with Gasteiger partial charge in [-0.25, -0.2) is 22.7 Å². The van der Waals surface area contributed by atoms with Crippen LogP contribution in [0.4, 0.5) is 28.4 Å². The molecule has 3 amide bonds. The lowest BCUT2D eigenvalue weighted by molar-refractivity contribution is -0.137. The molecule has 0 radical (unpaired) electrons. The average molecular weight is 577 g/mol. The number of nitriles is 2. The number of benzene rings is 2. The number of carbonyl (C=O) groups is 2. The molecule has 1 aliphatic heterocycles. The predicted molar refractivity (Wildman–Crippen MR) is 135 cm³/mol. The number of sulfonamides is 1. The Labute approximate surface area is 227 Å². The Balaban J connectivity index is 2.02. The molecule has 2 aromatic carbocycles. The zero-order valence-corrected chi connectivity index (χ0v) is 22.0. The van der Waals surface area contributed by atoms with E-state index < -0.39 is 44.8 Å². The molecule has 11 nitrogen and oxygen atoms in total. The van der Waals surface area contributed by atoms with Gasteiger partial charge in [-0.1, -0.05) is 12.1 Å². The fourth-order valence-electron chi connectivity index (χ4n) is 3.94. The van der Waals surface area contributed by atoms with Crippen LogP contribution >= 0.6 is 0 Å². The van der Waals surface area contributed by atoms with Crippen LogP contribution in [0.1, 0.15) is 36.6 Å². The van der Waals surface area contributed by atoms with E-state index in [1.807, 2.05) is 12.1 Å². The number of urea groups is 1. The second kappa shape index (κ2) is 12.1. The number of alkyl carbamates (subject to hydrolysis) is 1. The highest BCUT2D eigenvalue weighted by atomic mass is 32.2. The second-order valence-corrected chi connectivity index (χ2v) is 10.0. The van der Waals surface area contributed by atoms with Gasteiger partial charge < -0.3 is 15.4 Å². The van der Waals surface area contributed by atoms with Crippen LogP contribution in [0, 0.1) is 22.7 Å². The summed E-state index contributed by atoms with van der Waals surface area (Å²) in [7, 11) is -4.35. The molecule has 2 aromatic rings. The first kappa shape index (κ1) is 29.9. The fraction of sp³-hybridized carbons (Fsp3) is 0.280. The fourth-order valence-corrected chi connectivity index (χ4v) is 5.24. The molecule has 0 spiro atoms. The highest BCUT2D eigenvalue weighted by Crippen LogP contribution is 2.37. The molecule has 0 fully saturated rings. The van der Waals surface area contributed by atoms with E-state index in [0.29, 0.717) is 0 Å². The first-order valence-corrected chi connectivity index (χ1v) is 13.2. The van der Waals surface area contributed by atoms with Crippen molar-refractivity contribution in [2.75, 3.05) is 24.6 Å². The van der Waals surface area contributed by atoms with Crippen molar-refractivity contribution in [1.82, 2.24) is 15.4 Å². The Morgan fingerprint density at radius 3 is 2.50 bits per heavy atom. The number of hydrogen-bond donors (Lipinski definition) is 3. The summed E-state index contributed by atoms with van der Waals surface area (Å²) in [5.41, 5.74) is -1.40. The van der Waals surface area contributed by atoms with Gasteiger partial charge in [0.05, 0.1) is 52.1 Å². The minimum Gasteiger partial charge on any atom is -0.450 e. The number of ether oxygens (including phenoxy) is 1. The molecule has 0 aliphatic carbocycles. The van der Waals surface area contributed by atoms with Gasteiger partial charge in [-0.15, -0.1) is 0 Å².